The first-order valence-corrected chi connectivity index (χ1v) is 7.44. The van der Waals surface area contributed by atoms with E-state index in [-0.39, 0.29) is 19.1 Å². The van der Waals surface area contributed by atoms with E-state index >= 15 is 0 Å². The molecule has 2 atom stereocenters. The summed E-state index contributed by atoms with van der Waals surface area (Å²) in [4.78, 5) is 11.8. The first-order chi connectivity index (χ1) is 9.70. The Morgan fingerprint density at radius 2 is 2.05 bits per heavy atom. The summed E-state index contributed by atoms with van der Waals surface area (Å²) in [6, 6.07) is 7.18. The molecule has 1 aromatic rings. The molecule has 0 spiro atoms. The molecule has 4 nitrogen and oxygen atoms in total. The predicted molar refractivity (Wildman–Crippen MR) is 80.9 cm³/mol. The number of aliphatic hydroxyl groups is 1. The second-order valence-electron chi connectivity index (χ2n) is 5.29. The normalized spacial score (nSPS) is 21.9. The van der Waals surface area contributed by atoms with Crippen molar-refractivity contribution in [2.24, 2.45) is 11.8 Å². The van der Waals surface area contributed by atoms with Crippen LogP contribution in [0.5, 0.6) is 0 Å². The quantitative estimate of drug-likeness (QED) is 0.755. The van der Waals surface area contributed by atoms with Crippen molar-refractivity contribution in [1.82, 2.24) is 5.32 Å². The van der Waals surface area contributed by atoms with Crippen molar-refractivity contribution in [3.8, 4) is 0 Å². The van der Waals surface area contributed by atoms with Gasteiger partial charge in [-0.05, 0) is 43.4 Å². The monoisotopic (exact) mass is 296 g/mol. The lowest BCUT2D eigenvalue weighted by molar-refractivity contribution is -0.115. The standard InChI is InChI=1S/C15H21ClN2O2/c16-13-6-1-2-7-14(13)18-15(20)9-17-8-11-4-3-5-12(11)10-19/h1-2,6-7,11-12,17,19H,3-5,8-10H2,(H,18,20). The number of benzene rings is 1. The van der Waals surface area contributed by atoms with Gasteiger partial charge in [0.25, 0.3) is 0 Å². The number of rotatable bonds is 6. The van der Waals surface area contributed by atoms with Crippen LogP contribution in [-0.2, 0) is 4.79 Å². The predicted octanol–water partition coefficient (Wildman–Crippen LogP) is 2.28. The molecule has 2 rings (SSSR count). The number of hydrogen-bond acceptors (Lipinski definition) is 3. The van der Waals surface area contributed by atoms with E-state index in [4.69, 9.17) is 11.6 Å². The summed E-state index contributed by atoms with van der Waals surface area (Å²) in [5.41, 5.74) is 0.634. The third-order valence-corrected chi connectivity index (χ3v) is 4.22. The molecular weight excluding hydrogens is 276 g/mol. The first-order valence-electron chi connectivity index (χ1n) is 7.06. The van der Waals surface area contributed by atoms with Crippen molar-refractivity contribution in [2.45, 2.75) is 19.3 Å². The third-order valence-electron chi connectivity index (χ3n) is 3.89. The topological polar surface area (TPSA) is 61.4 Å². The van der Waals surface area contributed by atoms with Crippen molar-refractivity contribution in [3.63, 3.8) is 0 Å². The summed E-state index contributed by atoms with van der Waals surface area (Å²) in [5.74, 6) is 0.763. The Kier molecular flexibility index (Phi) is 5.83. The Labute approximate surface area is 124 Å². The number of para-hydroxylation sites is 1. The second-order valence-corrected chi connectivity index (χ2v) is 5.70. The number of carbonyl (C=O) groups excluding carboxylic acids is 1. The molecule has 1 aliphatic carbocycles. The van der Waals surface area contributed by atoms with Gasteiger partial charge in [0.05, 0.1) is 17.3 Å². The van der Waals surface area contributed by atoms with Gasteiger partial charge in [-0.2, -0.15) is 0 Å². The van der Waals surface area contributed by atoms with Crippen LogP contribution in [0.2, 0.25) is 5.02 Å². The summed E-state index contributed by atoms with van der Waals surface area (Å²) in [7, 11) is 0. The summed E-state index contributed by atoms with van der Waals surface area (Å²) < 4.78 is 0. The van der Waals surface area contributed by atoms with Crippen molar-refractivity contribution < 1.29 is 9.90 Å². The van der Waals surface area contributed by atoms with E-state index in [1.54, 1.807) is 12.1 Å². The summed E-state index contributed by atoms with van der Waals surface area (Å²) in [5, 5.41) is 15.7. The van der Waals surface area contributed by atoms with Gasteiger partial charge in [0.1, 0.15) is 0 Å². The Hall–Kier alpha value is -1.10. The SMILES string of the molecule is O=C(CNCC1CCCC1CO)Nc1ccccc1Cl. The first kappa shape index (κ1) is 15.3. The molecule has 110 valence electrons. The van der Waals surface area contributed by atoms with E-state index in [2.05, 4.69) is 10.6 Å². The number of carbonyl (C=O) groups is 1. The molecule has 0 saturated heterocycles. The van der Waals surface area contributed by atoms with Gasteiger partial charge in [-0.1, -0.05) is 30.2 Å². The van der Waals surface area contributed by atoms with Crippen molar-refractivity contribution >= 4 is 23.2 Å². The van der Waals surface area contributed by atoms with E-state index in [0.29, 0.717) is 22.5 Å². The second kappa shape index (κ2) is 7.62. The van der Waals surface area contributed by atoms with Crippen LogP contribution in [-0.4, -0.2) is 30.7 Å². The van der Waals surface area contributed by atoms with Crippen LogP contribution in [0.25, 0.3) is 0 Å². The van der Waals surface area contributed by atoms with E-state index in [1.807, 2.05) is 12.1 Å². The maximum Gasteiger partial charge on any atom is 0.238 e. The largest absolute Gasteiger partial charge is 0.396 e. The van der Waals surface area contributed by atoms with Crippen LogP contribution in [0.1, 0.15) is 19.3 Å². The fraction of sp³-hybridized carbons (Fsp3) is 0.533. The maximum absolute atomic E-state index is 11.8. The van der Waals surface area contributed by atoms with E-state index in [1.165, 1.54) is 6.42 Å². The molecule has 1 aliphatic rings. The molecule has 1 saturated carbocycles. The molecule has 1 amide bonds. The number of aliphatic hydroxyl groups excluding tert-OH is 1. The molecule has 0 bridgehead atoms. The number of nitrogens with one attached hydrogen (secondary N) is 2. The maximum atomic E-state index is 11.8. The van der Waals surface area contributed by atoms with E-state index < -0.39 is 0 Å². The highest BCUT2D eigenvalue weighted by Crippen LogP contribution is 2.30. The van der Waals surface area contributed by atoms with Gasteiger partial charge in [-0.25, -0.2) is 0 Å². The van der Waals surface area contributed by atoms with Crippen LogP contribution in [0.15, 0.2) is 24.3 Å². The zero-order chi connectivity index (χ0) is 14.4. The molecule has 1 fully saturated rings. The van der Waals surface area contributed by atoms with Gasteiger partial charge in [0.2, 0.25) is 5.91 Å². The fourth-order valence-electron chi connectivity index (χ4n) is 2.75. The number of anilines is 1. The highest BCUT2D eigenvalue weighted by molar-refractivity contribution is 6.33. The molecule has 20 heavy (non-hydrogen) atoms. The lowest BCUT2D eigenvalue weighted by atomic mass is 9.97. The molecular formula is C15H21ClN2O2. The van der Waals surface area contributed by atoms with E-state index in [0.717, 1.165) is 19.4 Å². The smallest absolute Gasteiger partial charge is 0.238 e. The fourth-order valence-corrected chi connectivity index (χ4v) is 2.93. The van der Waals surface area contributed by atoms with Gasteiger partial charge in [-0.3, -0.25) is 4.79 Å². The van der Waals surface area contributed by atoms with Crippen molar-refractivity contribution in [3.05, 3.63) is 29.3 Å². The van der Waals surface area contributed by atoms with Crippen LogP contribution in [0, 0.1) is 11.8 Å². The third kappa shape index (κ3) is 4.20. The zero-order valence-corrected chi connectivity index (χ0v) is 12.2. The van der Waals surface area contributed by atoms with Crippen molar-refractivity contribution in [2.75, 3.05) is 25.0 Å². The minimum absolute atomic E-state index is 0.100. The molecule has 0 radical (unpaired) electrons. The highest BCUT2D eigenvalue weighted by atomic mass is 35.5. The minimum atomic E-state index is -0.100. The van der Waals surface area contributed by atoms with Crippen LogP contribution in [0.3, 0.4) is 0 Å². The molecule has 5 heteroatoms. The van der Waals surface area contributed by atoms with Crippen LogP contribution >= 0.6 is 11.6 Å². The Bertz CT molecular complexity index is 453. The van der Waals surface area contributed by atoms with Crippen LogP contribution in [0.4, 0.5) is 5.69 Å². The zero-order valence-electron chi connectivity index (χ0n) is 11.4. The lowest BCUT2D eigenvalue weighted by Gasteiger charge is -2.17. The average Bonchev–Trinajstić information content (AvgIpc) is 2.89. The number of hydrogen-bond donors (Lipinski definition) is 3. The van der Waals surface area contributed by atoms with Crippen LogP contribution < -0.4 is 10.6 Å². The van der Waals surface area contributed by atoms with Gasteiger partial charge in [0, 0.05) is 6.61 Å². The molecule has 3 N–H and O–H groups in total. The van der Waals surface area contributed by atoms with Gasteiger partial charge in [-0.15, -0.1) is 0 Å². The number of amides is 1. The summed E-state index contributed by atoms with van der Waals surface area (Å²) >= 11 is 5.98. The molecule has 2 unspecified atom stereocenters. The molecule has 0 aliphatic heterocycles. The average molecular weight is 297 g/mol. The van der Waals surface area contributed by atoms with Gasteiger partial charge < -0.3 is 15.7 Å². The highest BCUT2D eigenvalue weighted by Gasteiger charge is 2.26. The Morgan fingerprint density at radius 1 is 1.30 bits per heavy atom. The molecule has 1 aromatic carbocycles. The Morgan fingerprint density at radius 3 is 2.80 bits per heavy atom. The Balaban J connectivity index is 1.72. The minimum Gasteiger partial charge on any atom is -0.396 e. The summed E-state index contributed by atoms with van der Waals surface area (Å²) in [6.45, 7) is 1.29. The summed E-state index contributed by atoms with van der Waals surface area (Å²) in [6.07, 6.45) is 3.39. The van der Waals surface area contributed by atoms with Gasteiger partial charge >= 0.3 is 0 Å². The molecule has 0 heterocycles. The lowest BCUT2D eigenvalue weighted by Crippen LogP contribution is -2.33. The van der Waals surface area contributed by atoms with E-state index in [9.17, 15) is 9.90 Å². The molecule has 0 aromatic heterocycles. The van der Waals surface area contributed by atoms with Gasteiger partial charge in [0.15, 0.2) is 0 Å². The number of halogens is 1. The van der Waals surface area contributed by atoms with Crippen molar-refractivity contribution in [1.29, 1.82) is 0 Å².